The van der Waals surface area contributed by atoms with Gasteiger partial charge in [0.2, 0.25) is 0 Å². The fourth-order valence-electron chi connectivity index (χ4n) is 2.15. The van der Waals surface area contributed by atoms with Gasteiger partial charge in [0.25, 0.3) is 5.91 Å². The van der Waals surface area contributed by atoms with Crippen molar-refractivity contribution in [1.82, 2.24) is 5.32 Å². The molecule has 0 aromatic heterocycles. The average Bonchev–Trinajstić information content (AvgIpc) is 2.59. The van der Waals surface area contributed by atoms with Crippen molar-refractivity contribution in [1.29, 1.82) is 0 Å². The summed E-state index contributed by atoms with van der Waals surface area (Å²) >= 11 is 0. The Bertz CT molecular complexity index is 650. The highest BCUT2D eigenvalue weighted by atomic mass is 16.5. The lowest BCUT2D eigenvalue weighted by atomic mass is 10.0. The quantitative estimate of drug-likeness (QED) is 0.799. The molecule has 0 saturated carbocycles. The monoisotopic (exact) mass is 311 g/mol. The van der Waals surface area contributed by atoms with Gasteiger partial charge in [-0.25, -0.2) is 0 Å². The zero-order chi connectivity index (χ0) is 16.7. The van der Waals surface area contributed by atoms with Crippen LogP contribution < -0.4 is 10.1 Å². The van der Waals surface area contributed by atoms with Crippen molar-refractivity contribution >= 4 is 11.7 Å². The summed E-state index contributed by atoms with van der Waals surface area (Å²) in [6.45, 7) is 4.10. The molecule has 0 bridgehead atoms. The smallest absolute Gasteiger partial charge is 0.257 e. The maximum absolute atomic E-state index is 11.8. The fourth-order valence-corrected chi connectivity index (χ4v) is 2.15. The van der Waals surface area contributed by atoms with Crippen molar-refractivity contribution in [2.24, 2.45) is 0 Å². The number of ether oxygens (including phenoxy) is 1. The molecule has 1 amide bonds. The first-order valence-corrected chi connectivity index (χ1v) is 7.61. The molecule has 1 unspecified atom stereocenters. The van der Waals surface area contributed by atoms with Gasteiger partial charge in [0.1, 0.15) is 5.75 Å². The van der Waals surface area contributed by atoms with Crippen LogP contribution in [-0.2, 0) is 4.79 Å². The molecular weight excluding hydrogens is 290 g/mol. The topological polar surface area (TPSA) is 55.4 Å². The summed E-state index contributed by atoms with van der Waals surface area (Å²) in [5, 5.41) is 2.86. The van der Waals surface area contributed by atoms with Gasteiger partial charge in [0, 0.05) is 12.1 Å². The first-order chi connectivity index (χ1) is 11.1. The Morgan fingerprint density at radius 2 is 1.70 bits per heavy atom. The molecule has 2 rings (SSSR count). The van der Waals surface area contributed by atoms with Crippen LogP contribution in [0.4, 0.5) is 0 Å². The molecule has 4 nitrogen and oxygen atoms in total. The Balaban J connectivity index is 1.75. The van der Waals surface area contributed by atoms with Crippen LogP contribution in [0.2, 0.25) is 0 Å². The molecule has 0 spiro atoms. The summed E-state index contributed by atoms with van der Waals surface area (Å²) in [5.74, 6) is 0.656. The van der Waals surface area contributed by atoms with Crippen molar-refractivity contribution < 1.29 is 14.3 Å². The van der Waals surface area contributed by atoms with Gasteiger partial charge < -0.3 is 10.1 Å². The van der Waals surface area contributed by atoms with E-state index in [0.29, 0.717) is 17.9 Å². The number of hydrogen-bond donors (Lipinski definition) is 1. The average molecular weight is 311 g/mol. The molecule has 120 valence electrons. The summed E-state index contributed by atoms with van der Waals surface area (Å²) in [7, 11) is 0. The summed E-state index contributed by atoms with van der Waals surface area (Å²) in [5.41, 5.74) is 1.81. The molecule has 0 aliphatic carbocycles. The lowest BCUT2D eigenvalue weighted by Crippen LogP contribution is -2.31. The van der Waals surface area contributed by atoms with E-state index in [-0.39, 0.29) is 24.2 Å². The molecule has 0 radical (unpaired) electrons. The first-order valence-electron chi connectivity index (χ1n) is 7.61. The molecule has 0 aliphatic heterocycles. The second-order valence-electron chi connectivity index (χ2n) is 5.49. The summed E-state index contributed by atoms with van der Waals surface area (Å²) in [6.07, 6.45) is 0. The molecular formula is C19H21NO3. The lowest BCUT2D eigenvalue weighted by Gasteiger charge is -2.13. The fraction of sp³-hybridized carbons (Fsp3) is 0.263. The summed E-state index contributed by atoms with van der Waals surface area (Å²) < 4.78 is 5.42. The Kier molecular flexibility index (Phi) is 5.92. The van der Waals surface area contributed by atoms with Gasteiger partial charge in [0.15, 0.2) is 12.4 Å². The number of amides is 1. The maximum Gasteiger partial charge on any atom is 0.257 e. The van der Waals surface area contributed by atoms with Crippen molar-refractivity contribution in [3.8, 4) is 5.75 Å². The van der Waals surface area contributed by atoms with E-state index in [9.17, 15) is 9.59 Å². The third-order valence-corrected chi connectivity index (χ3v) is 3.60. The van der Waals surface area contributed by atoms with Crippen LogP contribution in [0.5, 0.6) is 5.75 Å². The summed E-state index contributed by atoms with van der Waals surface area (Å²) in [6, 6.07) is 16.8. The Morgan fingerprint density at radius 3 is 2.30 bits per heavy atom. The number of hydrogen-bond acceptors (Lipinski definition) is 3. The van der Waals surface area contributed by atoms with E-state index in [2.05, 4.69) is 12.2 Å². The van der Waals surface area contributed by atoms with E-state index in [1.54, 1.807) is 24.3 Å². The minimum Gasteiger partial charge on any atom is -0.484 e. The van der Waals surface area contributed by atoms with Gasteiger partial charge in [0.05, 0.1) is 0 Å². The number of rotatable bonds is 7. The van der Waals surface area contributed by atoms with Crippen molar-refractivity contribution in [3.63, 3.8) is 0 Å². The van der Waals surface area contributed by atoms with Gasteiger partial charge in [-0.3, -0.25) is 9.59 Å². The Labute approximate surface area is 136 Å². The van der Waals surface area contributed by atoms with Crippen LogP contribution in [-0.4, -0.2) is 24.8 Å². The lowest BCUT2D eigenvalue weighted by molar-refractivity contribution is -0.123. The molecule has 4 heteroatoms. The highest BCUT2D eigenvalue weighted by Gasteiger charge is 2.08. The number of nitrogens with one attached hydrogen (secondary N) is 1. The zero-order valence-corrected chi connectivity index (χ0v) is 13.4. The predicted octanol–water partition coefficient (Wildman–Crippen LogP) is 3.19. The third kappa shape index (κ3) is 5.25. The molecule has 0 aliphatic rings. The molecule has 0 fully saturated rings. The van der Waals surface area contributed by atoms with E-state index < -0.39 is 0 Å². The van der Waals surface area contributed by atoms with Gasteiger partial charge >= 0.3 is 0 Å². The van der Waals surface area contributed by atoms with Crippen molar-refractivity contribution in [3.05, 3.63) is 65.7 Å². The van der Waals surface area contributed by atoms with Crippen LogP contribution in [0.25, 0.3) is 0 Å². The van der Waals surface area contributed by atoms with Gasteiger partial charge in [-0.05, 0) is 42.7 Å². The number of benzene rings is 2. The van der Waals surface area contributed by atoms with Gasteiger partial charge in [-0.15, -0.1) is 0 Å². The molecule has 2 aromatic carbocycles. The zero-order valence-electron chi connectivity index (χ0n) is 13.4. The van der Waals surface area contributed by atoms with Crippen LogP contribution in [0.15, 0.2) is 54.6 Å². The van der Waals surface area contributed by atoms with Crippen LogP contribution in [0.3, 0.4) is 0 Å². The third-order valence-electron chi connectivity index (χ3n) is 3.60. The number of ketones is 1. The highest BCUT2D eigenvalue weighted by molar-refractivity contribution is 5.94. The van der Waals surface area contributed by atoms with E-state index in [1.165, 1.54) is 12.5 Å². The Hall–Kier alpha value is -2.62. The number of carbonyl (C=O) groups is 2. The van der Waals surface area contributed by atoms with Crippen molar-refractivity contribution in [2.45, 2.75) is 19.8 Å². The predicted molar refractivity (Wildman–Crippen MR) is 89.8 cm³/mol. The SMILES string of the molecule is CC(=O)c1ccc(OCC(=O)NCC(C)c2ccccc2)cc1. The standard InChI is InChI=1S/C19H21NO3/c1-14(16-6-4-3-5-7-16)12-20-19(22)13-23-18-10-8-17(9-11-18)15(2)21/h3-11,14H,12-13H2,1-2H3,(H,20,22). The van der Waals surface area contributed by atoms with Gasteiger partial charge in [-0.2, -0.15) is 0 Å². The second kappa shape index (κ2) is 8.13. The largest absolute Gasteiger partial charge is 0.484 e. The normalized spacial score (nSPS) is 11.6. The summed E-state index contributed by atoms with van der Waals surface area (Å²) in [4.78, 5) is 23.0. The molecule has 0 heterocycles. The second-order valence-corrected chi connectivity index (χ2v) is 5.49. The molecule has 1 N–H and O–H groups in total. The van der Waals surface area contributed by atoms with Gasteiger partial charge in [-0.1, -0.05) is 37.3 Å². The maximum atomic E-state index is 11.8. The molecule has 23 heavy (non-hydrogen) atoms. The minimum absolute atomic E-state index is 0.00388. The molecule has 1 atom stereocenters. The van der Waals surface area contributed by atoms with Crippen molar-refractivity contribution in [2.75, 3.05) is 13.2 Å². The van der Waals surface area contributed by atoms with Crippen LogP contribution >= 0.6 is 0 Å². The van der Waals surface area contributed by atoms with Crippen LogP contribution in [0.1, 0.15) is 35.7 Å². The number of carbonyl (C=O) groups excluding carboxylic acids is 2. The van der Waals surface area contributed by atoms with E-state index in [0.717, 1.165) is 0 Å². The van der Waals surface area contributed by atoms with E-state index in [4.69, 9.17) is 4.74 Å². The first kappa shape index (κ1) is 16.7. The highest BCUT2D eigenvalue weighted by Crippen LogP contribution is 2.14. The number of Topliss-reactive ketones (excluding diaryl/α,β-unsaturated/α-hetero) is 1. The molecule has 2 aromatic rings. The Morgan fingerprint density at radius 1 is 1.04 bits per heavy atom. The van der Waals surface area contributed by atoms with E-state index >= 15 is 0 Å². The van der Waals surface area contributed by atoms with Crippen LogP contribution in [0, 0.1) is 0 Å². The van der Waals surface area contributed by atoms with E-state index in [1.807, 2.05) is 30.3 Å². The molecule has 0 saturated heterocycles. The minimum atomic E-state index is -0.163.